The lowest BCUT2D eigenvalue weighted by molar-refractivity contribution is 0.0957. The maximum atomic E-state index is 14.6. The van der Waals surface area contributed by atoms with Gasteiger partial charge >= 0.3 is 0 Å². The van der Waals surface area contributed by atoms with Crippen molar-refractivity contribution in [3.05, 3.63) is 63.1 Å². The minimum absolute atomic E-state index is 0.161. The average Bonchev–Trinajstić information content (AvgIpc) is 2.80. The number of benzene rings is 1. The summed E-state index contributed by atoms with van der Waals surface area (Å²) in [5.74, 6) is -1.77. The fourth-order valence-electron chi connectivity index (χ4n) is 4.03. The van der Waals surface area contributed by atoms with E-state index in [1.54, 1.807) is 5.32 Å². The molecule has 9 heteroatoms. The Morgan fingerprint density at radius 1 is 1.22 bits per heavy atom. The number of anilines is 1. The summed E-state index contributed by atoms with van der Waals surface area (Å²) >= 11 is 0. The number of fused-ring (bicyclic) bond motifs is 1. The largest absolute Gasteiger partial charge is 0.365 e. The van der Waals surface area contributed by atoms with Crippen LogP contribution < -0.4 is 15.8 Å². The van der Waals surface area contributed by atoms with Gasteiger partial charge in [-0.3, -0.25) is 14.5 Å². The number of nitrogens with zero attached hydrogens (tertiary/aromatic N) is 4. The number of carbonyl (C=O) groups is 1. The van der Waals surface area contributed by atoms with Crippen LogP contribution in [0.25, 0.3) is 11.0 Å². The predicted octanol–water partition coefficient (Wildman–Crippen LogP) is 2.01. The van der Waals surface area contributed by atoms with Crippen LogP contribution in [-0.4, -0.2) is 58.9 Å². The van der Waals surface area contributed by atoms with Crippen molar-refractivity contribution in [2.45, 2.75) is 26.8 Å². The van der Waals surface area contributed by atoms with Gasteiger partial charge in [0.25, 0.3) is 11.5 Å². The first-order valence-corrected chi connectivity index (χ1v) is 10.5. The van der Waals surface area contributed by atoms with Crippen LogP contribution >= 0.6 is 0 Å². The first kappa shape index (κ1) is 18.3. The van der Waals surface area contributed by atoms with E-state index < -0.39 is 18.8 Å². The van der Waals surface area contributed by atoms with E-state index in [1.165, 1.54) is 12.1 Å². The third-order valence-corrected chi connectivity index (χ3v) is 5.93. The summed E-state index contributed by atoms with van der Waals surface area (Å²) in [6, 6.07) is 6.73. The summed E-state index contributed by atoms with van der Waals surface area (Å²) in [5.41, 5.74) is 3.94. The molecule has 1 amide bonds. The van der Waals surface area contributed by atoms with Gasteiger partial charge in [-0.05, 0) is 42.7 Å². The van der Waals surface area contributed by atoms with Crippen molar-refractivity contribution in [2.24, 2.45) is 0 Å². The summed E-state index contributed by atoms with van der Waals surface area (Å²) in [4.78, 5) is 39.3. The maximum Gasteiger partial charge on any atom is 0.270 e. The van der Waals surface area contributed by atoms with Crippen LogP contribution in [0.5, 0.6) is 0 Å². The number of halogens is 1. The SMILES string of the molecule is [2H]C([2H])([2H])NC(=O)c1ccc(N2CCN(Cc3ccc4nc(CC)c(=O)[nH]c4c3C)CC2)c(F)n1. The lowest BCUT2D eigenvalue weighted by Crippen LogP contribution is -2.46. The van der Waals surface area contributed by atoms with Gasteiger partial charge in [-0.15, -0.1) is 0 Å². The van der Waals surface area contributed by atoms with Crippen LogP contribution in [0.4, 0.5) is 10.1 Å². The quantitative estimate of drug-likeness (QED) is 0.589. The Morgan fingerprint density at radius 2 is 2.00 bits per heavy atom. The molecule has 1 aromatic carbocycles. The molecule has 8 nitrogen and oxygen atoms in total. The highest BCUT2D eigenvalue weighted by Crippen LogP contribution is 2.23. The molecule has 2 aromatic heterocycles. The van der Waals surface area contributed by atoms with Gasteiger partial charge in [-0.1, -0.05) is 13.0 Å². The van der Waals surface area contributed by atoms with Crippen LogP contribution in [0.3, 0.4) is 0 Å². The Hall–Kier alpha value is -3.33. The van der Waals surface area contributed by atoms with Gasteiger partial charge in [0.2, 0.25) is 5.95 Å². The molecule has 0 atom stereocenters. The monoisotopic (exact) mass is 441 g/mol. The average molecular weight is 442 g/mol. The molecule has 2 N–H and O–H groups in total. The topological polar surface area (TPSA) is 94.2 Å². The first-order valence-electron chi connectivity index (χ1n) is 12.0. The van der Waals surface area contributed by atoms with E-state index in [2.05, 4.69) is 19.9 Å². The van der Waals surface area contributed by atoms with Crippen molar-refractivity contribution >= 4 is 22.6 Å². The number of pyridine rings is 1. The Bertz CT molecular complexity index is 1320. The van der Waals surface area contributed by atoms with Crippen LogP contribution in [0.1, 0.15) is 38.3 Å². The molecule has 1 aliphatic rings. The molecule has 32 heavy (non-hydrogen) atoms. The lowest BCUT2D eigenvalue weighted by atomic mass is 10.1. The number of hydrogen-bond donors (Lipinski definition) is 2. The number of amides is 1. The second kappa shape index (κ2) is 9.04. The zero-order chi connectivity index (χ0) is 25.3. The van der Waals surface area contributed by atoms with Gasteiger partial charge in [-0.2, -0.15) is 4.39 Å². The van der Waals surface area contributed by atoms with E-state index in [-0.39, 0.29) is 16.9 Å². The number of aromatic nitrogens is 3. The summed E-state index contributed by atoms with van der Waals surface area (Å²) in [6.07, 6.45) is 0.574. The second-order valence-electron chi connectivity index (χ2n) is 7.83. The van der Waals surface area contributed by atoms with Crippen molar-refractivity contribution < 1.29 is 13.3 Å². The van der Waals surface area contributed by atoms with Gasteiger partial charge in [-0.25, -0.2) is 9.97 Å². The van der Waals surface area contributed by atoms with Crippen LogP contribution in [-0.2, 0) is 13.0 Å². The predicted molar refractivity (Wildman–Crippen MR) is 122 cm³/mol. The maximum absolute atomic E-state index is 14.6. The van der Waals surface area contributed by atoms with E-state index in [4.69, 9.17) is 4.11 Å². The van der Waals surface area contributed by atoms with Gasteiger partial charge in [0.15, 0.2) is 0 Å². The summed E-state index contributed by atoms with van der Waals surface area (Å²) in [6.45, 7) is 4.37. The Kier molecular flexibility index (Phi) is 5.16. The molecule has 0 radical (unpaired) electrons. The van der Waals surface area contributed by atoms with E-state index in [1.807, 2.05) is 30.9 Å². The molecule has 0 saturated carbocycles. The molecule has 4 rings (SSSR count). The molecule has 1 fully saturated rings. The van der Waals surface area contributed by atoms with Crippen molar-refractivity contribution in [1.29, 1.82) is 0 Å². The number of nitrogens with one attached hydrogen (secondary N) is 2. The molecule has 0 spiro atoms. The molecule has 1 saturated heterocycles. The van der Waals surface area contributed by atoms with Crippen molar-refractivity contribution in [3.63, 3.8) is 0 Å². The highest BCUT2D eigenvalue weighted by molar-refractivity contribution is 5.92. The summed E-state index contributed by atoms with van der Waals surface area (Å²) in [5, 5.41) is 1.80. The van der Waals surface area contributed by atoms with E-state index in [0.29, 0.717) is 44.8 Å². The zero-order valence-electron chi connectivity index (χ0n) is 21.0. The van der Waals surface area contributed by atoms with Gasteiger partial charge in [0.05, 0.1) is 16.7 Å². The molecule has 0 aliphatic carbocycles. The standard InChI is InChI=1S/C23H27FN6O2/c1-4-16-23(32)28-20-14(2)15(5-6-17(20)26-16)13-29-9-11-30(12-10-29)19-8-7-18(22(31)25-3)27-21(19)24/h5-8H,4,9-13H2,1-3H3,(H,25,31)(H,28,32)/i3D3. The molecule has 168 valence electrons. The first-order chi connectivity index (χ1) is 16.6. The van der Waals surface area contributed by atoms with Crippen LogP contribution in [0.15, 0.2) is 29.1 Å². The number of aromatic amines is 1. The third-order valence-electron chi connectivity index (χ3n) is 5.93. The van der Waals surface area contributed by atoms with Crippen LogP contribution in [0.2, 0.25) is 0 Å². The number of H-pyrrole nitrogens is 1. The molecule has 3 aromatic rings. The Morgan fingerprint density at radius 3 is 2.69 bits per heavy atom. The van der Waals surface area contributed by atoms with Crippen LogP contribution in [0, 0.1) is 12.9 Å². The molecule has 0 bridgehead atoms. The molecule has 0 unspecified atom stereocenters. The zero-order valence-corrected chi connectivity index (χ0v) is 18.0. The second-order valence-corrected chi connectivity index (χ2v) is 7.83. The summed E-state index contributed by atoms with van der Waals surface area (Å²) < 4.78 is 35.9. The van der Waals surface area contributed by atoms with E-state index in [9.17, 15) is 14.0 Å². The number of carbonyl (C=O) groups excluding carboxylic acids is 1. The number of hydrogen-bond acceptors (Lipinski definition) is 6. The highest BCUT2D eigenvalue weighted by Gasteiger charge is 2.22. The minimum atomic E-state index is -2.67. The number of piperazine rings is 1. The number of rotatable bonds is 5. The van der Waals surface area contributed by atoms with Gasteiger partial charge in [0.1, 0.15) is 11.4 Å². The Balaban J connectivity index is 1.42. The third kappa shape index (κ3) is 4.20. The molecule has 1 aliphatic heterocycles. The Labute approximate surface area is 189 Å². The molecular formula is C23H27FN6O2. The molecule has 3 heterocycles. The van der Waals surface area contributed by atoms with E-state index >= 15 is 0 Å². The van der Waals surface area contributed by atoms with E-state index in [0.717, 1.165) is 22.2 Å². The lowest BCUT2D eigenvalue weighted by Gasteiger charge is -2.36. The van der Waals surface area contributed by atoms with Crippen molar-refractivity contribution in [1.82, 2.24) is 25.2 Å². The van der Waals surface area contributed by atoms with Gasteiger partial charge < -0.3 is 15.2 Å². The minimum Gasteiger partial charge on any atom is -0.365 e. The molecular weight excluding hydrogens is 411 g/mol. The van der Waals surface area contributed by atoms with Crippen molar-refractivity contribution in [3.8, 4) is 0 Å². The number of aryl methyl sites for hydroxylation is 2. The van der Waals surface area contributed by atoms with Gasteiger partial charge in [0, 0.05) is 43.8 Å². The summed E-state index contributed by atoms with van der Waals surface area (Å²) in [7, 11) is 0. The fraction of sp³-hybridized carbons (Fsp3) is 0.391. The normalized spacial score (nSPS) is 16.5. The highest BCUT2D eigenvalue weighted by atomic mass is 19.1. The fourth-order valence-corrected chi connectivity index (χ4v) is 4.03. The smallest absolute Gasteiger partial charge is 0.270 e. The van der Waals surface area contributed by atoms with Crippen molar-refractivity contribution in [2.75, 3.05) is 38.1 Å².